The van der Waals surface area contributed by atoms with Crippen LogP contribution in [0.25, 0.3) is 10.9 Å². The zero-order valence-electron chi connectivity index (χ0n) is 20.0. The van der Waals surface area contributed by atoms with Crippen molar-refractivity contribution >= 4 is 33.3 Å². The summed E-state index contributed by atoms with van der Waals surface area (Å²) in [6, 6.07) is 13.0. The summed E-state index contributed by atoms with van der Waals surface area (Å²) in [4.78, 5) is 17.6. The fourth-order valence-electron chi connectivity index (χ4n) is 3.57. The summed E-state index contributed by atoms with van der Waals surface area (Å²) in [6.07, 6.45) is 7.07. The maximum atomic E-state index is 12.6. The number of fused-ring (bicyclic) bond motifs is 1. The van der Waals surface area contributed by atoms with E-state index in [0.717, 1.165) is 26.9 Å². The Labute approximate surface area is 201 Å². The van der Waals surface area contributed by atoms with Gasteiger partial charge in [-0.05, 0) is 69.2 Å². The van der Waals surface area contributed by atoms with Gasteiger partial charge in [0.2, 0.25) is 5.91 Å². The Morgan fingerprint density at radius 3 is 2.59 bits per heavy atom. The monoisotopic (exact) mass is 476 g/mol. The van der Waals surface area contributed by atoms with Gasteiger partial charge in [-0.15, -0.1) is 0 Å². The lowest BCUT2D eigenvalue weighted by Gasteiger charge is -2.18. The van der Waals surface area contributed by atoms with Crippen LogP contribution in [0.4, 0.5) is 5.69 Å². The number of aryl methyl sites for hydroxylation is 1. The minimum Gasteiger partial charge on any atom is -0.456 e. The number of anilines is 1. The van der Waals surface area contributed by atoms with Gasteiger partial charge in [-0.25, -0.2) is 0 Å². The van der Waals surface area contributed by atoms with E-state index in [1.165, 1.54) is 0 Å². The molecule has 0 spiro atoms. The number of aromatic nitrogens is 3. The number of benzene rings is 2. The van der Waals surface area contributed by atoms with Gasteiger partial charge in [0, 0.05) is 39.7 Å². The topological polar surface area (TPSA) is 86.1 Å². The number of hydrogen-bond acceptors (Lipinski definition) is 5. The number of nitrogens with zero attached hydrogens (tertiary/aromatic N) is 3. The number of nitrogens with one attached hydrogen (secondary N) is 1. The Balaban J connectivity index is 1.48. The van der Waals surface area contributed by atoms with Gasteiger partial charge < -0.3 is 10.1 Å². The van der Waals surface area contributed by atoms with Gasteiger partial charge in [-0.3, -0.25) is 18.7 Å². The van der Waals surface area contributed by atoms with Crippen LogP contribution in [0.15, 0.2) is 66.0 Å². The van der Waals surface area contributed by atoms with E-state index in [9.17, 15) is 9.00 Å². The van der Waals surface area contributed by atoms with Gasteiger partial charge in [0.1, 0.15) is 11.5 Å². The van der Waals surface area contributed by atoms with Gasteiger partial charge in [0.05, 0.1) is 29.4 Å². The van der Waals surface area contributed by atoms with Crippen molar-refractivity contribution in [3.05, 3.63) is 72.2 Å². The quantitative estimate of drug-likeness (QED) is 0.413. The maximum absolute atomic E-state index is 12.6. The smallest absolute Gasteiger partial charge is 0.228 e. The molecule has 4 rings (SSSR count). The van der Waals surface area contributed by atoms with Crippen molar-refractivity contribution in [3.8, 4) is 11.5 Å². The van der Waals surface area contributed by atoms with E-state index in [4.69, 9.17) is 4.74 Å². The Kier molecular flexibility index (Phi) is 6.52. The molecular formula is C26H28N4O3S. The molecule has 0 aliphatic carbocycles. The molecule has 1 atom stereocenters. The second kappa shape index (κ2) is 9.38. The molecule has 0 aliphatic rings. The lowest BCUT2D eigenvalue weighted by molar-refractivity contribution is -0.115. The van der Waals surface area contributed by atoms with E-state index in [0.29, 0.717) is 17.2 Å². The molecule has 0 bridgehead atoms. The summed E-state index contributed by atoms with van der Waals surface area (Å²) in [5, 5.41) is 8.02. The predicted octanol–water partition coefficient (Wildman–Crippen LogP) is 5.21. The average molecular weight is 477 g/mol. The molecule has 7 nitrogen and oxygen atoms in total. The Morgan fingerprint density at radius 1 is 1.12 bits per heavy atom. The highest BCUT2D eigenvalue weighted by Gasteiger charge is 2.15. The lowest BCUT2D eigenvalue weighted by Crippen LogP contribution is -2.22. The van der Waals surface area contributed by atoms with E-state index in [2.05, 4.69) is 36.2 Å². The van der Waals surface area contributed by atoms with Crippen molar-refractivity contribution < 1.29 is 13.7 Å². The van der Waals surface area contributed by atoms with E-state index in [-0.39, 0.29) is 17.9 Å². The van der Waals surface area contributed by atoms with Gasteiger partial charge in [-0.1, -0.05) is 12.1 Å². The zero-order valence-corrected chi connectivity index (χ0v) is 20.8. The fraction of sp³-hybridized carbons (Fsp3) is 0.269. The molecule has 8 heteroatoms. The van der Waals surface area contributed by atoms with Crippen molar-refractivity contribution in [2.75, 3.05) is 11.6 Å². The summed E-state index contributed by atoms with van der Waals surface area (Å²) >= 11 is 0. The van der Waals surface area contributed by atoms with Crippen molar-refractivity contribution in [1.82, 2.24) is 14.8 Å². The molecule has 0 radical (unpaired) electrons. The maximum Gasteiger partial charge on any atom is 0.228 e. The molecule has 1 unspecified atom stereocenters. The molecule has 4 aromatic rings. The number of ether oxygens (including phenoxy) is 1. The lowest BCUT2D eigenvalue weighted by atomic mass is 10.1. The van der Waals surface area contributed by atoms with Crippen molar-refractivity contribution in [2.45, 2.75) is 44.6 Å². The van der Waals surface area contributed by atoms with E-state index in [1.807, 2.05) is 54.2 Å². The van der Waals surface area contributed by atoms with Crippen molar-refractivity contribution in [1.29, 1.82) is 0 Å². The molecule has 0 saturated heterocycles. The Morgan fingerprint density at radius 2 is 1.91 bits per heavy atom. The van der Waals surface area contributed by atoms with Crippen LogP contribution in [0.1, 0.15) is 31.9 Å². The Hall–Kier alpha value is -3.52. The van der Waals surface area contributed by atoms with Gasteiger partial charge >= 0.3 is 0 Å². The van der Waals surface area contributed by atoms with E-state index < -0.39 is 10.8 Å². The first-order valence-corrected chi connectivity index (χ1v) is 12.5. The molecule has 2 heterocycles. The molecule has 0 aliphatic heterocycles. The first kappa shape index (κ1) is 23.6. The molecule has 1 N–H and O–H groups in total. The van der Waals surface area contributed by atoms with Gasteiger partial charge in [-0.2, -0.15) is 5.10 Å². The van der Waals surface area contributed by atoms with Crippen LogP contribution in [0.2, 0.25) is 0 Å². The molecule has 2 aromatic heterocycles. The third-order valence-corrected chi connectivity index (χ3v) is 6.30. The van der Waals surface area contributed by atoms with Crippen molar-refractivity contribution in [3.63, 3.8) is 0 Å². The zero-order chi connectivity index (χ0) is 24.5. The summed E-state index contributed by atoms with van der Waals surface area (Å²) in [6.45, 7) is 8.10. The number of hydrogen-bond donors (Lipinski definition) is 1. The molecule has 0 saturated carbocycles. The fourth-order valence-corrected chi connectivity index (χ4v) is 4.11. The summed E-state index contributed by atoms with van der Waals surface area (Å²) < 4.78 is 19.9. The number of amides is 1. The molecule has 176 valence electrons. The van der Waals surface area contributed by atoms with Crippen LogP contribution < -0.4 is 10.1 Å². The highest BCUT2D eigenvalue weighted by atomic mass is 32.2. The second-order valence-corrected chi connectivity index (χ2v) is 10.6. The number of rotatable bonds is 6. The number of pyridine rings is 1. The van der Waals surface area contributed by atoms with Gasteiger partial charge in [0.25, 0.3) is 0 Å². The van der Waals surface area contributed by atoms with Crippen LogP contribution in [0.3, 0.4) is 0 Å². The molecule has 0 fully saturated rings. The third kappa shape index (κ3) is 5.34. The normalized spacial score (nSPS) is 12.5. The summed E-state index contributed by atoms with van der Waals surface area (Å²) in [5.74, 6) is 1.22. The van der Waals surface area contributed by atoms with Crippen LogP contribution in [0.5, 0.6) is 11.5 Å². The van der Waals surface area contributed by atoms with Gasteiger partial charge in [0.15, 0.2) is 0 Å². The number of carbonyl (C=O) groups excluding carboxylic acids is 1. The molecule has 2 aromatic carbocycles. The Bertz CT molecular complexity index is 1390. The van der Waals surface area contributed by atoms with E-state index in [1.54, 1.807) is 24.7 Å². The SMILES string of the molecule is Cc1cc(CC(=O)Nc2cnn(C(C)(C)C)c2)ccc1Oc1ccnc2ccc(S(C)=O)cc12. The summed E-state index contributed by atoms with van der Waals surface area (Å²) in [7, 11) is -1.10. The van der Waals surface area contributed by atoms with Crippen LogP contribution in [-0.4, -0.2) is 31.1 Å². The molecule has 1 amide bonds. The minimum absolute atomic E-state index is 0.109. The molecular weight excluding hydrogens is 448 g/mol. The largest absolute Gasteiger partial charge is 0.456 e. The predicted molar refractivity (Wildman–Crippen MR) is 135 cm³/mol. The minimum atomic E-state index is -1.10. The van der Waals surface area contributed by atoms with E-state index >= 15 is 0 Å². The number of carbonyl (C=O) groups is 1. The molecule has 34 heavy (non-hydrogen) atoms. The van der Waals surface area contributed by atoms with Crippen LogP contribution in [-0.2, 0) is 27.6 Å². The first-order chi connectivity index (χ1) is 16.1. The second-order valence-electron chi connectivity index (χ2n) is 9.21. The standard InChI is InChI=1S/C26H28N4O3S/c1-17-12-18(13-25(31)29-19-15-28-30(16-19)26(2,3)4)6-9-23(17)33-24-10-11-27-22-8-7-20(34(5)32)14-21(22)24/h6-12,14-16H,13H2,1-5H3,(H,29,31). The highest BCUT2D eigenvalue weighted by Crippen LogP contribution is 2.32. The average Bonchev–Trinajstić information content (AvgIpc) is 3.24. The first-order valence-electron chi connectivity index (χ1n) is 10.9. The van der Waals surface area contributed by atoms with Crippen LogP contribution >= 0.6 is 0 Å². The van der Waals surface area contributed by atoms with Crippen LogP contribution in [0, 0.1) is 6.92 Å². The third-order valence-electron chi connectivity index (χ3n) is 5.38. The van der Waals surface area contributed by atoms with Crippen molar-refractivity contribution in [2.24, 2.45) is 0 Å². The highest BCUT2D eigenvalue weighted by molar-refractivity contribution is 7.84. The summed E-state index contributed by atoms with van der Waals surface area (Å²) in [5.41, 5.74) is 3.09.